The highest BCUT2D eigenvalue weighted by Gasteiger charge is 2.13. The largest absolute Gasteiger partial charge is 0.497 e. The molecule has 0 radical (unpaired) electrons. The minimum Gasteiger partial charge on any atom is -0.497 e. The van der Waals surface area contributed by atoms with Crippen LogP contribution in [-0.2, 0) is 0 Å². The van der Waals surface area contributed by atoms with E-state index in [0.717, 1.165) is 5.69 Å². The van der Waals surface area contributed by atoms with Crippen molar-refractivity contribution in [1.82, 2.24) is 10.2 Å². The van der Waals surface area contributed by atoms with Crippen LogP contribution in [0, 0.1) is 0 Å². The number of rotatable bonds is 5. The summed E-state index contributed by atoms with van der Waals surface area (Å²) >= 11 is 0. The monoisotopic (exact) mass is 364 g/mol. The highest BCUT2D eigenvalue weighted by Crippen LogP contribution is 2.34. The van der Waals surface area contributed by atoms with Crippen LogP contribution < -0.4 is 24.8 Å². The smallest absolute Gasteiger partial charge is 0.256 e. The first-order chi connectivity index (χ1) is 13.2. The number of methoxy groups -OCH3 is 1. The van der Waals surface area contributed by atoms with Gasteiger partial charge in [-0.3, -0.25) is 4.79 Å². The molecule has 0 aliphatic carbocycles. The molecule has 0 atom stereocenters. The van der Waals surface area contributed by atoms with Crippen molar-refractivity contribution in [3.05, 3.63) is 60.2 Å². The molecule has 4 rings (SSSR count). The first-order valence-corrected chi connectivity index (χ1v) is 8.17. The number of benzene rings is 2. The van der Waals surface area contributed by atoms with Crippen molar-refractivity contribution in [3.63, 3.8) is 0 Å². The summed E-state index contributed by atoms with van der Waals surface area (Å²) in [5, 5.41) is 13.9. The van der Waals surface area contributed by atoms with Gasteiger partial charge in [-0.1, -0.05) is 6.07 Å². The Balaban J connectivity index is 1.42. The van der Waals surface area contributed by atoms with Crippen molar-refractivity contribution in [2.75, 3.05) is 24.5 Å². The zero-order chi connectivity index (χ0) is 18.6. The average molecular weight is 364 g/mol. The molecular formula is C19H16N4O4. The number of fused-ring (bicyclic) bond motifs is 1. The molecule has 0 spiro atoms. The van der Waals surface area contributed by atoms with E-state index in [1.165, 1.54) is 0 Å². The molecule has 1 amide bonds. The maximum Gasteiger partial charge on any atom is 0.256 e. The molecule has 136 valence electrons. The Hall–Kier alpha value is -3.81. The fraction of sp³-hybridized carbons (Fsp3) is 0.105. The highest BCUT2D eigenvalue weighted by molar-refractivity contribution is 6.04. The van der Waals surface area contributed by atoms with E-state index >= 15 is 0 Å². The van der Waals surface area contributed by atoms with Crippen molar-refractivity contribution in [2.24, 2.45) is 0 Å². The normalized spacial score (nSPS) is 11.7. The Labute approximate surface area is 155 Å². The first kappa shape index (κ1) is 16.6. The maximum atomic E-state index is 12.3. The summed E-state index contributed by atoms with van der Waals surface area (Å²) in [6.45, 7) is 0.222. The number of ether oxygens (including phenoxy) is 3. The van der Waals surface area contributed by atoms with Crippen LogP contribution in [0.4, 0.5) is 17.3 Å². The molecule has 27 heavy (non-hydrogen) atoms. The molecule has 1 aliphatic heterocycles. The summed E-state index contributed by atoms with van der Waals surface area (Å²) < 4.78 is 15.7. The Morgan fingerprint density at radius 3 is 2.63 bits per heavy atom. The van der Waals surface area contributed by atoms with E-state index in [9.17, 15) is 4.79 Å². The molecule has 1 aromatic heterocycles. The van der Waals surface area contributed by atoms with E-state index in [-0.39, 0.29) is 12.7 Å². The molecule has 2 N–H and O–H groups in total. The van der Waals surface area contributed by atoms with Gasteiger partial charge in [-0.15, -0.1) is 10.2 Å². The van der Waals surface area contributed by atoms with Gasteiger partial charge in [-0.25, -0.2) is 0 Å². The van der Waals surface area contributed by atoms with E-state index in [4.69, 9.17) is 14.2 Å². The van der Waals surface area contributed by atoms with E-state index in [2.05, 4.69) is 20.8 Å². The molecule has 0 unspecified atom stereocenters. The number of amides is 1. The van der Waals surface area contributed by atoms with Gasteiger partial charge < -0.3 is 24.8 Å². The quantitative estimate of drug-likeness (QED) is 0.718. The van der Waals surface area contributed by atoms with Crippen LogP contribution in [0.5, 0.6) is 17.2 Å². The third-order valence-corrected chi connectivity index (χ3v) is 3.88. The van der Waals surface area contributed by atoms with Gasteiger partial charge >= 0.3 is 0 Å². The van der Waals surface area contributed by atoms with E-state index in [0.29, 0.717) is 34.4 Å². The predicted molar refractivity (Wildman–Crippen MR) is 98.8 cm³/mol. The summed E-state index contributed by atoms with van der Waals surface area (Å²) in [7, 11) is 1.55. The van der Waals surface area contributed by atoms with Gasteiger partial charge in [0, 0.05) is 17.3 Å². The van der Waals surface area contributed by atoms with E-state index in [1.807, 2.05) is 18.2 Å². The maximum absolute atomic E-state index is 12.3. The lowest BCUT2D eigenvalue weighted by atomic mass is 10.2. The summed E-state index contributed by atoms with van der Waals surface area (Å²) in [4.78, 5) is 12.3. The number of nitrogens with zero attached hydrogens (tertiary/aromatic N) is 2. The van der Waals surface area contributed by atoms with E-state index in [1.54, 1.807) is 43.5 Å². The highest BCUT2D eigenvalue weighted by atomic mass is 16.7. The molecule has 0 fully saturated rings. The molecule has 2 aromatic carbocycles. The third kappa shape index (κ3) is 3.74. The van der Waals surface area contributed by atoms with Crippen molar-refractivity contribution in [2.45, 2.75) is 0 Å². The molecule has 2 heterocycles. The molecule has 8 nitrogen and oxygen atoms in total. The minimum absolute atomic E-state index is 0.222. The second kappa shape index (κ2) is 7.20. The van der Waals surface area contributed by atoms with Crippen LogP contribution >= 0.6 is 0 Å². The van der Waals surface area contributed by atoms with Gasteiger partial charge in [-0.05, 0) is 42.5 Å². The number of nitrogens with one attached hydrogen (secondary N) is 2. The number of hydrogen-bond acceptors (Lipinski definition) is 7. The number of carbonyl (C=O) groups is 1. The second-order valence-electron chi connectivity index (χ2n) is 5.68. The summed E-state index contributed by atoms with van der Waals surface area (Å²) in [6.07, 6.45) is 0. The molecule has 0 saturated carbocycles. The topological polar surface area (TPSA) is 94.6 Å². The van der Waals surface area contributed by atoms with Crippen LogP contribution in [0.1, 0.15) is 10.4 Å². The first-order valence-electron chi connectivity index (χ1n) is 8.17. The summed E-state index contributed by atoms with van der Waals surface area (Å²) in [5.41, 5.74) is 1.26. The van der Waals surface area contributed by atoms with Crippen LogP contribution in [0.25, 0.3) is 0 Å². The summed E-state index contributed by atoms with van der Waals surface area (Å²) in [5.74, 6) is 2.58. The average Bonchev–Trinajstić information content (AvgIpc) is 3.17. The van der Waals surface area contributed by atoms with Crippen molar-refractivity contribution in [1.29, 1.82) is 0 Å². The van der Waals surface area contributed by atoms with Gasteiger partial charge in [-0.2, -0.15) is 0 Å². The minimum atomic E-state index is -0.292. The molecular weight excluding hydrogens is 348 g/mol. The van der Waals surface area contributed by atoms with Crippen molar-refractivity contribution in [3.8, 4) is 17.2 Å². The van der Waals surface area contributed by atoms with Gasteiger partial charge in [0.2, 0.25) is 6.79 Å². The van der Waals surface area contributed by atoms with Crippen LogP contribution in [0.3, 0.4) is 0 Å². The molecule has 0 saturated heterocycles. The van der Waals surface area contributed by atoms with Crippen LogP contribution in [0.15, 0.2) is 54.6 Å². The lowest BCUT2D eigenvalue weighted by molar-refractivity contribution is 0.102. The Bertz CT molecular complexity index is 976. The predicted octanol–water partition coefficient (Wildman–Crippen LogP) is 3.21. The molecule has 1 aliphatic rings. The zero-order valence-electron chi connectivity index (χ0n) is 14.4. The molecule has 0 bridgehead atoms. The Kier molecular flexibility index (Phi) is 4.44. The fourth-order valence-corrected chi connectivity index (χ4v) is 2.54. The number of aromatic nitrogens is 2. The van der Waals surface area contributed by atoms with Crippen LogP contribution in [0.2, 0.25) is 0 Å². The number of hydrogen-bond donors (Lipinski definition) is 2. The van der Waals surface area contributed by atoms with E-state index < -0.39 is 0 Å². The van der Waals surface area contributed by atoms with Gasteiger partial charge in [0.1, 0.15) is 5.75 Å². The standard InChI is InChI=1S/C19H16N4O4/c1-25-14-4-2-3-12(9-14)19(24)21-18-8-7-17(22-23-18)20-13-5-6-15-16(10-13)27-11-26-15/h2-10H,11H2,1H3,(H,20,22)(H,21,23,24). The number of anilines is 3. The Morgan fingerprint density at radius 1 is 1.00 bits per heavy atom. The van der Waals surface area contributed by atoms with Gasteiger partial charge in [0.15, 0.2) is 23.1 Å². The van der Waals surface area contributed by atoms with Crippen molar-refractivity contribution < 1.29 is 19.0 Å². The Morgan fingerprint density at radius 2 is 1.81 bits per heavy atom. The van der Waals surface area contributed by atoms with Gasteiger partial charge in [0.25, 0.3) is 5.91 Å². The van der Waals surface area contributed by atoms with Crippen LogP contribution in [-0.4, -0.2) is 30.0 Å². The fourth-order valence-electron chi connectivity index (χ4n) is 2.54. The lowest BCUT2D eigenvalue weighted by Gasteiger charge is -2.08. The molecule has 8 heteroatoms. The van der Waals surface area contributed by atoms with Gasteiger partial charge in [0.05, 0.1) is 7.11 Å². The summed E-state index contributed by atoms with van der Waals surface area (Å²) in [6, 6.07) is 15.8. The SMILES string of the molecule is COc1cccc(C(=O)Nc2ccc(Nc3ccc4c(c3)OCO4)nn2)c1. The van der Waals surface area contributed by atoms with Crippen molar-refractivity contribution >= 4 is 23.2 Å². The third-order valence-electron chi connectivity index (χ3n) is 3.88. The second-order valence-corrected chi connectivity index (χ2v) is 5.68. The molecule has 3 aromatic rings. The lowest BCUT2D eigenvalue weighted by Crippen LogP contribution is -2.13. The zero-order valence-corrected chi connectivity index (χ0v) is 14.4. The number of carbonyl (C=O) groups excluding carboxylic acids is 1.